The summed E-state index contributed by atoms with van der Waals surface area (Å²) < 4.78 is 9.96. The van der Waals surface area contributed by atoms with Crippen LogP contribution in [0.1, 0.15) is 32.1 Å². The molecule has 1 aliphatic heterocycles. The van der Waals surface area contributed by atoms with Crippen LogP contribution in [0.2, 0.25) is 0 Å². The molecule has 0 aromatic rings. The van der Waals surface area contributed by atoms with Crippen LogP contribution in [0, 0.1) is 5.92 Å². The fourth-order valence-electron chi connectivity index (χ4n) is 2.15. The zero-order chi connectivity index (χ0) is 12.5. The molecule has 1 fully saturated rings. The molecule has 0 radical (unpaired) electrons. The van der Waals surface area contributed by atoms with Gasteiger partial charge in [0.1, 0.15) is 0 Å². The van der Waals surface area contributed by atoms with Gasteiger partial charge < -0.3 is 14.4 Å². The summed E-state index contributed by atoms with van der Waals surface area (Å²) in [5, 5.41) is 0. The normalized spacial score (nSPS) is 17.4. The maximum absolute atomic E-state index is 10.9. The van der Waals surface area contributed by atoms with Crippen LogP contribution in [0.25, 0.3) is 0 Å². The third kappa shape index (κ3) is 6.64. The summed E-state index contributed by atoms with van der Waals surface area (Å²) in [5.41, 5.74) is 0. The molecule has 0 aromatic carbocycles. The van der Waals surface area contributed by atoms with E-state index < -0.39 is 0 Å². The molecule has 0 N–H and O–H groups in total. The zero-order valence-corrected chi connectivity index (χ0v) is 11.1. The molecule has 4 heteroatoms. The van der Waals surface area contributed by atoms with Crippen molar-refractivity contribution in [1.29, 1.82) is 0 Å². The molecule has 0 aliphatic carbocycles. The van der Waals surface area contributed by atoms with Crippen LogP contribution in [-0.2, 0) is 14.3 Å². The van der Waals surface area contributed by atoms with Crippen molar-refractivity contribution >= 4 is 5.97 Å². The summed E-state index contributed by atoms with van der Waals surface area (Å²) in [4.78, 5) is 13.2. The molecular weight excluding hydrogens is 218 g/mol. The van der Waals surface area contributed by atoms with Crippen molar-refractivity contribution in [3.05, 3.63) is 0 Å². The predicted molar refractivity (Wildman–Crippen MR) is 66.9 cm³/mol. The monoisotopic (exact) mass is 243 g/mol. The van der Waals surface area contributed by atoms with Gasteiger partial charge in [-0.1, -0.05) is 0 Å². The molecule has 0 atom stereocenters. The Kier molecular flexibility index (Phi) is 7.21. The van der Waals surface area contributed by atoms with E-state index in [0.717, 1.165) is 38.6 Å². The fourth-order valence-corrected chi connectivity index (χ4v) is 2.15. The summed E-state index contributed by atoms with van der Waals surface area (Å²) in [6.07, 6.45) is 5.07. The lowest BCUT2D eigenvalue weighted by Crippen LogP contribution is -2.25. The molecule has 0 spiro atoms. The number of hydrogen-bond donors (Lipinski definition) is 0. The highest BCUT2D eigenvalue weighted by molar-refractivity contribution is 5.69. The summed E-state index contributed by atoms with van der Waals surface area (Å²) in [6.45, 7) is 3.94. The molecule has 17 heavy (non-hydrogen) atoms. The van der Waals surface area contributed by atoms with Crippen molar-refractivity contribution in [2.24, 2.45) is 5.92 Å². The molecule has 0 saturated carbocycles. The van der Waals surface area contributed by atoms with Gasteiger partial charge in [0.05, 0.1) is 7.11 Å². The van der Waals surface area contributed by atoms with Gasteiger partial charge in [-0.25, -0.2) is 0 Å². The lowest BCUT2D eigenvalue weighted by atomic mass is 9.96. The van der Waals surface area contributed by atoms with Crippen molar-refractivity contribution < 1.29 is 14.3 Å². The van der Waals surface area contributed by atoms with Crippen molar-refractivity contribution in [2.45, 2.75) is 32.1 Å². The molecule has 0 aromatic heterocycles. The van der Waals surface area contributed by atoms with Crippen LogP contribution >= 0.6 is 0 Å². The fraction of sp³-hybridized carbons (Fsp3) is 0.923. The molecule has 0 bridgehead atoms. The van der Waals surface area contributed by atoms with Crippen molar-refractivity contribution in [3.63, 3.8) is 0 Å². The van der Waals surface area contributed by atoms with Gasteiger partial charge in [-0.3, -0.25) is 4.79 Å². The topological polar surface area (TPSA) is 38.8 Å². The minimum atomic E-state index is -0.108. The van der Waals surface area contributed by atoms with Gasteiger partial charge in [0.2, 0.25) is 0 Å². The number of carbonyl (C=O) groups excluding carboxylic acids is 1. The molecular formula is C13H25NO3. The molecule has 1 heterocycles. The van der Waals surface area contributed by atoms with Gasteiger partial charge in [0.15, 0.2) is 0 Å². The van der Waals surface area contributed by atoms with E-state index in [1.807, 2.05) is 0 Å². The van der Waals surface area contributed by atoms with Crippen LogP contribution < -0.4 is 0 Å². The van der Waals surface area contributed by atoms with Gasteiger partial charge >= 0.3 is 5.97 Å². The zero-order valence-electron chi connectivity index (χ0n) is 11.1. The number of esters is 1. The van der Waals surface area contributed by atoms with E-state index in [9.17, 15) is 4.79 Å². The lowest BCUT2D eigenvalue weighted by molar-refractivity contribution is -0.140. The minimum absolute atomic E-state index is 0.108. The average molecular weight is 243 g/mol. The Morgan fingerprint density at radius 3 is 2.71 bits per heavy atom. The highest BCUT2D eigenvalue weighted by Crippen LogP contribution is 2.18. The number of methoxy groups -OCH3 is 1. The lowest BCUT2D eigenvalue weighted by Gasteiger charge is -2.24. The number of carbonyl (C=O) groups is 1. The smallest absolute Gasteiger partial charge is 0.305 e. The maximum Gasteiger partial charge on any atom is 0.305 e. The first-order valence-corrected chi connectivity index (χ1v) is 6.55. The minimum Gasteiger partial charge on any atom is -0.469 e. The molecule has 0 unspecified atom stereocenters. The van der Waals surface area contributed by atoms with Gasteiger partial charge in [-0.15, -0.1) is 0 Å². The van der Waals surface area contributed by atoms with Crippen LogP contribution in [0.15, 0.2) is 0 Å². The second kappa shape index (κ2) is 8.48. The van der Waals surface area contributed by atoms with Crippen LogP contribution in [0.5, 0.6) is 0 Å². The molecule has 4 nitrogen and oxygen atoms in total. The first kappa shape index (κ1) is 14.5. The number of ether oxygens (including phenoxy) is 2. The molecule has 1 aliphatic rings. The van der Waals surface area contributed by atoms with Gasteiger partial charge in [0, 0.05) is 19.6 Å². The number of hydrogen-bond acceptors (Lipinski definition) is 4. The van der Waals surface area contributed by atoms with E-state index in [1.165, 1.54) is 26.4 Å². The van der Waals surface area contributed by atoms with E-state index in [1.54, 1.807) is 0 Å². The maximum atomic E-state index is 10.9. The Bertz CT molecular complexity index is 215. The second-order valence-corrected chi connectivity index (χ2v) is 4.83. The second-order valence-electron chi connectivity index (χ2n) is 4.83. The van der Waals surface area contributed by atoms with E-state index in [4.69, 9.17) is 4.74 Å². The summed E-state index contributed by atoms with van der Waals surface area (Å²) >= 11 is 0. The quantitative estimate of drug-likeness (QED) is 0.638. The van der Waals surface area contributed by atoms with Crippen LogP contribution in [-0.4, -0.2) is 51.3 Å². The van der Waals surface area contributed by atoms with E-state index in [2.05, 4.69) is 16.7 Å². The third-order valence-electron chi connectivity index (χ3n) is 3.41. The van der Waals surface area contributed by atoms with Gasteiger partial charge in [-0.2, -0.15) is 0 Å². The third-order valence-corrected chi connectivity index (χ3v) is 3.41. The molecule has 100 valence electrons. The van der Waals surface area contributed by atoms with Crippen molar-refractivity contribution in [3.8, 4) is 0 Å². The Balaban J connectivity index is 2.00. The highest BCUT2D eigenvalue weighted by atomic mass is 16.5. The molecule has 1 saturated heterocycles. The van der Waals surface area contributed by atoms with Gasteiger partial charge in [-0.05, 0) is 51.7 Å². The Morgan fingerprint density at radius 2 is 2.06 bits per heavy atom. The first-order chi connectivity index (χ1) is 8.22. The van der Waals surface area contributed by atoms with E-state index in [-0.39, 0.29) is 5.97 Å². The average Bonchev–Trinajstić information content (AvgIpc) is 2.37. The predicted octanol–water partition coefficient (Wildman–Crippen LogP) is 1.69. The standard InChI is InChI=1S/C13H25NO3/c1-14(8-3-4-13(15)16-2)9-5-12-6-10-17-11-7-12/h12H,3-11H2,1-2H3. The highest BCUT2D eigenvalue weighted by Gasteiger charge is 2.14. The van der Waals surface area contributed by atoms with Crippen LogP contribution in [0.4, 0.5) is 0 Å². The van der Waals surface area contributed by atoms with Crippen molar-refractivity contribution in [1.82, 2.24) is 4.90 Å². The van der Waals surface area contributed by atoms with E-state index >= 15 is 0 Å². The summed E-state index contributed by atoms with van der Waals surface area (Å²) in [7, 11) is 3.56. The van der Waals surface area contributed by atoms with Crippen molar-refractivity contribution in [2.75, 3.05) is 40.5 Å². The molecule has 1 rings (SSSR count). The Labute approximate surface area is 104 Å². The van der Waals surface area contributed by atoms with E-state index in [0.29, 0.717) is 6.42 Å². The van der Waals surface area contributed by atoms with Crippen LogP contribution in [0.3, 0.4) is 0 Å². The number of nitrogens with zero attached hydrogens (tertiary/aromatic N) is 1. The summed E-state index contributed by atoms with van der Waals surface area (Å²) in [5.74, 6) is 0.717. The summed E-state index contributed by atoms with van der Waals surface area (Å²) in [6, 6.07) is 0. The molecule has 0 amide bonds. The Morgan fingerprint density at radius 1 is 1.35 bits per heavy atom. The number of rotatable bonds is 7. The largest absolute Gasteiger partial charge is 0.469 e. The SMILES string of the molecule is COC(=O)CCCN(C)CCC1CCOCC1. The van der Waals surface area contributed by atoms with Gasteiger partial charge in [0.25, 0.3) is 0 Å². The first-order valence-electron chi connectivity index (χ1n) is 6.55. The Hall–Kier alpha value is -0.610.